The van der Waals surface area contributed by atoms with Crippen LogP contribution in [0.4, 0.5) is 0 Å². The van der Waals surface area contributed by atoms with Crippen molar-refractivity contribution in [3.05, 3.63) is 34.3 Å². The molecule has 1 aliphatic carbocycles. The van der Waals surface area contributed by atoms with Crippen molar-refractivity contribution in [2.75, 3.05) is 0 Å². The largest absolute Gasteiger partial charge is 0.353 e. The summed E-state index contributed by atoms with van der Waals surface area (Å²) in [6, 6.07) is 8.77. The Morgan fingerprint density at radius 2 is 2.00 bits per heavy atom. The Hall–Kier alpha value is -0.830. The maximum Gasteiger partial charge on any atom is 0.220 e. The highest BCUT2D eigenvalue weighted by molar-refractivity contribution is 9.10. The normalized spacial score (nSPS) is 14.8. The smallest absolute Gasteiger partial charge is 0.220 e. The number of rotatable bonds is 5. The lowest BCUT2D eigenvalue weighted by molar-refractivity contribution is -0.121. The van der Waals surface area contributed by atoms with E-state index in [-0.39, 0.29) is 5.91 Å². The Morgan fingerprint density at radius 1 is 1.31 bits per heavy atom. The second-order valence-corrected chi connectivity index (χ2v) is 5.24. The van der Waals surface area contributed by atoms with Crippen molar-refractivity contribution in [1.29, 1.82) is 0 Å². The Balaban J connectivity index is 1.66. The molecule has 0 saturated heterocycles. The van der Waals surface area contributed by atoms with E-state index >= 15 is 0 Å². The molecule has 16 heavy (non-hydrogen) atoms. The number of amides is 1. The van der Waals surface area contributed by atoms with E-state index in [2.05, 4.69) is 33.4 Å². The van der Waals surface area contributed by atoms with Gasteiger partial charge in [0.15, 0.2) is 0 Å². The van der Waals surface area contributed by atoms with Gasteiger partial charge in [0.25, 0.3) is 0 Å². The van der Waals surface area contributed by atoms with Crippen LogP contribution in [0.5, 0.6) is 0 Å². The Labute approximate surface area is 105 Å². The first kappa shape index (κ1) is 11.6. The van der Waals surface area contributed by atoms with Crippen molar-refractivity contribution < 1.29 is 4.79 Å². The van der Waals surface area contributed by atoms with Gasteiger partial charge in [-0.2, -0.15) is 0 Å². The van der Waals surface area contributed by atoms with Gasteiger partial charge in [-0.1, -0.05) is 28.1 Å². The summed E-state index contributed by atoms with van der Waals surface area (Å²) in [6.07, 6.45) is 4.88. The van der Waals surface area contributed by atoms with E-state index in [9.17, 15) is 4.79 Å². The highest BCUT2D eigenvalue weighted by atomic mass is 79.9. The van der Waals surface area contributed by atoms with Crippen LogP contribution >= 0.6 is 15.9 Å². The van der Waals surface area contributed by atoms with Crippen molar-refractivity contribution in [3.8, 4) is 0 Å². The third kappa shape index (κ3) is 3.97. The van der Waals surface area contributed by atoms with Crippen LogP contribution in [0.25, 0.3) is 0 Å². The van der Waals surface area contributed by atoms with Gasteiger partial charge in [0.05, 0.1) is 0 Å². The lowest BCUT2D eigenvalue weighted by Gasteiger charge is -2.03. The van der Waals surface area contributed by atoms with Crippen LogP contribution in [0.15, 0.2) is 28.7 Å². The number of benzene rings is 1. The van der Waals surface area contributed by atoms with Crippen molar-refractivity contribution >= 4 is 21.8 Å². The van der Waals surface area contributed by atoms with Crippen molar-refractivity contribution in [1.82, 2.24) is 5.32 Å². The van der Waals surface area contributed by atoms with E-state index in [0.717, 1.165) is 17.3 Å². The first-order chi connectivity index (χ1) is 7.74. The fourth-order valence-corrected chi connectivity index (χ4v) is 1.90. The van der Waals surface area contributed by atoms with Gasteiger partial charge in [-0.05, 0) is 43.4 Å². The van der Waals surface area contributed by atoms with Crippen molar-refractivity contribution in [3.63, 3.8) is 0 Å². The van der Waals surface area contributed by atoms with Crippen LogP contribution in [0.2, 0.25) is 0 Å². The van der Waals surface area contributed by atoms with Gasteiger partial charge in [-0.3, -0.25) is 4.79 Å². The van der Waals surface area contributed by atoms with Gasteiger partial charge >= 0.3 is 0 Å². The number of aryl methyl sites for hydroxylation is 1. The Bertz CT molecular complexity index is 357. The van der Waals surface area contributed by atoms with Gasteiger partial charge in [0.2, 0.25) is 5.91 Å². The third-order valence-corrected chi connectivity index (χ3v) is 3.25. The number of hydrogen-bond acceptors (Lipinski definition) is 1. The summed E-state index contributed by atoms with van der Waals surface area (Å²) in [4.78, 5) is 11.4. The summed E-state index contributed by atoms with van der Waals surface area (Å²) in [5, 5.41) is 3.00. The quantitative estimate of drug-likeness (QED) is 0.883. The summed E-state index contributed by atoms with van der Waals surface area (Å²) in [6.45, 7) is 0. The molecule has 0 spiro atoms. The molecule has 1 amide bonds. The summed E-state index contributed by atoms with van der Waals surface area (Å²) in [5.74, 6) is 0.208. The minimum absolute atomic E-state index is 0.208. The minimum atomic E-state index is 0.208. The zero-order valence-corrected chi connectivity index (χ0v) is 10.8. The third-order valence-electron chi connectivity index (χ3n) is 2.73. The van der Waals surface area contributed by atoms with E-state index in [1.54, 1.807) is 0 Å². The van der Waals surface area contributed by atoms with Crippen LogP contribution < -0.4 is 5.32 Å². The average Bonchev–Trinajstić information content (AvgIpc) is 3.05. The fourth-order valence-electron chi connectivity index (χ4n) is 1.63. The lowest BCUT2D eigenvalue weighted by Crippen LogP contribution is -2.24. The van der Waals surface area contributed by atoms with Gasteiger partial charge < -0.3 is 5.32 Å². The zero-order valence-electron chi connectivity index (χ0n) is 9.21. The molecule has 2 rings (SSSR count). The topological polar surface area (TPSA) is 29.1 Å². The highest BCUT2D eigenvalue weighted by Crippen LogP contribution is 2.19. The standard InChI is InChI=1S/C13H16BrNO/c14-11-6-4-10(5-7-11)2-1-3-13(16)15-12-8-9-12/h4-7,12H,1-3,8-9H2,(H,15,16). The van der Waals surface area contributed by atoms with Gasteiger partial charge in [0.1, 0.15) is 0 Å². The molecular weight excluding hydrogens is 266 g/mol. The summed E-state index contributed by atoms with van der Waals surface area (Å²) in [7, 11) is 0. The first-order valence-electron chi connectivity index (χ1n) is 5.78. The number of halogens is 1. The molecule has 0 atom stereocenters. The maximum absolute atomic E-state index is 11.4. The number of hydrogen-bond donors (Lipinski definition) is 1. The van der Waals surface area contributed by atoms with Gasteiger partial charge in [0, 0.05) is 16.9 Å². The molecule has 3 heteroatoms. The van der Waals surface area contributed by atoms with Gasteiger partial charge in [-0.25, -0.2) is 0 Å². The fraction of sp³-hybridized carbons (Fsp3) is 0.462. The van der Waals surface area contributed by atoms with Crippen LogP contribution in [-0.2, 0) is 11.2 Å². The molecule has 0 aliphatic heterocycles. The second kappa shape index (κ2) is 5.48. The van der Waals surface area contributed by atoms with Crippen LogP contribution in [0.3, 0.4) is 0 Å². The molecule has 0 heterocycles. The zero-order chi connectivity index (χ0) is 11.4. The SMILES string of the molecule is O=C(CCCc1ccc(Br)cc1)NC1CC1. The molecule has 0 unspecified atom stereocenters. The Morgan fingerprint density at radius 3 is 2.62 bits per heavy atom. The molecule has 0 bridgehead atoms. The molecule has 1 fully saturated rings. The maximum atomic E-state index is 11.4. The highest BCUT2D eigenvalue weighted by Gasteiger charge is 2.22. The lowest BCUT2D eigenvalue weighted by atomic mass is 10.1. The monoisotopic (exact) mass is 281 g/mol. The predicted octanol–water partition coefficient (Wildman–Crippen LogP) is 3.05. The molecule has 1 N–H and O–H groups in total. The molecule has 1 aromatic carbocycles. The molecule has 1 aliphatic rings. The van der Waals surface area contributed by atoms with Crippen LogP contribution in [0.1, 0.15) is 31.2 Å². The van der Waals surface area contributed by atoms with E-state index in [1.165, 1.54) is 18.4 Å². The van der Waals surface area contributed by atoms with E-state index in [4.69, 9.17) is 0 Å². The summed E-state index contributed by atoms with van der Waals surface area (Å²) < 4.78 is 1.10. The molecule has 86 valence electrons. The predicted molar refractivity (Wildman–Crippen MR) is 68.2 cm³/mol. The number of carbonyl (C=O) groups is 1. The molecule has 0 radical (unpaired) electrons. The van der Waals surface area contributed by atoms with E-state index in [1.807, 2.05) is 12.1 Å². The summed E-state index contributed by atoms with van der Waals surface area (Å²) in [5.41, 5.74) is 1.29. The van der Waals surface area contributed by atoms with Crippen molar-refractivity contribution in [2.45, 2.75) is 38.1 Å². The molecule has 0 aromatic heterocycles. The van der Waals surface area contributed by atoms with Crippen LogP contribution in [-0.4, -0.2) is 11.9 Å². The molecule has 2 nitrogen and oxygen atoms in total. The average molecular weight is 282 g/mol. The van der Waals surface area contributed by atoms with E-state index in [0.29, 0.717) is 12.5 Å². The summed E-state index contributed by atoms with van der Waals surface area (Å²) >= 11 is 3.41. The van der Waals surface area contributed by atoms with E-state index < -0.39 is 0 Å². The number of nitrogens with one attached hydrogen (secondary N) is 1. The number of carbonyl (C=O) groups excluding carboxylic acids is 1. The molecule has 1 aromatic rings. The van der Waals surface area contributed by atoms with Crippen LogP contribution in [0, 0.1) is 0 Å². The van der Waals surface area contributed by atoms with Gasteiger partial charge in [-0.15, -0.1) is 0 Å². The second-order valence-electron chi connectivity index (χ2n) is 4.32. The van der Waals surface area contributed by atoms with Crippen molar-refractivity contribution in [2.24, 2.45) is 0 Å². The first-order valence-corrected chi connectivity index (χ1v) is 6.57. The molecular formula is C13H16BrNO. The minimum Gasteiger partial charge on any atom is -0.353 e. The molecule has 1 saturated carbocycles. The Kier molecular flexibility index (Phi) is 3.99.